The summed E-state index contributed by atoms with van der Waals surface area (Å²) in [5.41, 5.74) is 1.23. The summed E-state index contributed by atoms with van der Waals surface area (Å²) in [7, 11) is 0. The van der Waals surface area contributed by atoms with E-state index in [9.17, 15) is 9.59 Å². The van der Waals surface area contributed by atoms with Gasteiger partial charge in [-0.3, -0.25) is 9.36 Å². The highest BCUT2D eigenvalue weighted by molar-refractivity contribution is 5.82. The maximum atomic E-state index is 12.7. The van der Waals surface area contributed by atoms with E-state index in [1.54, 1.807) is 18.2 Å². The van der Waals surface area contributed by atoms with Crippen LogP contribution in [0.4, 0.5) is 0 Å². The fraction of sp³-hybridized carbons (Fsp3) is 0.238. The first-order valence-electron chi connectivity index (χ1n) is 9.19. The van der Waals surface area contributed by atoms with E-state index in [0.717, 1.165) is 12.0 Å². The standard InChI is InChI=1S/C21H20N4O3/c1-13(2)10-11-25-20(26)16-9-8-15(12-17(16)22-21(25)27)19-23-18(24-28-19)14-6-4-3-5-7-14/h3-9,12-13H,10-11H2,1-2H3,(H,22,27). The van der Waals surface area contributed by atoms with Gasteiger partial charge in [0.15, 0.2) is 0 Å². The third-order valence-corrected chi connectivity index (χ3v) is 4.62. The molecule has 0 aliphatic carbocycles. The van der Waals surface area contributed by atoms with Crippen molar-refractivity contribution < 1.29 is 4.52 Å². The van der Waals surface area contributed by atoms with Crippen LogP contribution in [-0.4, -0.2) is 19.7 Å². The molecule has 7 nitrogen and oxygen atoms in total. The SMILES string of the molecule is CC(C)CCn1c(=O)[nH]c2cc(-c3nc(-c4ccccc4)no3)ccc2c1=O. The zero-order chi connectivity index (χ0) is 19.7. The van der Waals surface area contributed by atoms with Gasteiger partial charge in [-0.15, -0.1) is 0 Å². The van der Waals surface area contributed by atoms with Gasteiger partial charge in [-0.2, -0.15) is 4.98 Å². The maximum Gasteiger partial charge on any atom is 0.328 e. The molecule has 142 valence electrons. The Morgan fingerprint density at radius 2 is 1.86 bits per heavy atom. The van der Waals surface area contributed by atoms with Gasteiger partial charge < -0.3 is 9.51 Å². The minimum Gasteiger partial charge on any atom is -0.334 e. The van der Waals surface area contributed by atoms with Crippen LogP contribution in [0, 0.1) is 5.92 Å². The Bertz CT molecular complexity index is 1240. The third kappa shape index (κ3) is 3.38. The van der Waals surface area contributed by atoms with Crippen molar-refractivity contribution in [3.63, 3.8) is 0 Å². The van der Waals surface area contributed by atoms with Gasteiger partial charge in [-0.05, 0) is 30.5 Å². The zero-order valence-corrected chi connectivity index (χ0v) is 15.7. The molecule has 0 radical (unpaired) electrons. The Hall–Kier alpha value is -3.48. The lowest BCUT2D eigenvalue weighted by Gasteiger charge is -2.08. The second-order valence-electron chi connectivity index (χ2n) is 7.12. The van der Waals surface area contributed by atoms with E-state index in [1.165, 1.54) is 4.57 Å². The number of fused-ring (bicyclic) bond motifs is 1. The average Bonchev–Trinajstić information content (AvgIpc) is 3.18. The lowest BCUT2D eigenvalue weighted by atomic mass is 10.1. The molecule has 0 atom stereocenters. The Morgan fingerprint density at radius 3 is 2.61 bits per heavy atom. The molecule has 0 fully saturated rings. The fourth-order valence-corrected chi connectivity index (χ4v) is 3.02. The van der Waals surface area contributed by atoms with Crippen molar-refractivity contribution in [1.82, 2.24) is 19.7 Å². The highest BCUT2D eigenvalue weighted by atomic mass is 16.5. The summed E-state index contributed by atoms with van der Waals surface area (Å²) in [6.07, 6.45) is 0.761. The largest absolute Gasteiger partial charge is 0.334 e. The molecule has 0 aliphatic heterocycles. The Balaban J connectivity index is 1.73. The first-order chi connectivity index (χ1) is 13.5. The number of nitrogens with zero attached hydrogens (tertiary/aromatic N) is 3. The minimum atomic E-state index is -0.411. The molecule has 0 saturated heterocycles. The number of aromatic amines is 1. The lowest BCUT2D eigenvalue weighted by Crippen LogP contribution is -2.35. The van der Waals surface area contributed by atoms with Gasteiger partial charge in [-0.25, -0.2) is 4.79 Å². The summed E-state index contributed by atoms with van der Waals surface area (Å²) in [6.45, 7) is 4.51. The van der Waals surface area contributed by atoms with E-state index in [2.05, 4.69) is 29.0 Å². The Labute approximate surface area is 160 Å². The van der Waals surface area contributed by atoms with Gasteiger partial charge in [0.25, 0.3) is 11.4 Å². The van der Waals surface area contributed by atoms with Gasteiger partial charge in [0, 0.05) is 17.7 Å². The van der Waals surface area contributed by atoms with Gasteiger partial charge in [0.05, 0.1) is 10.9 Å². The Morgan fingerprint density at radius 1 is 1.07 bits per heavy atom. The Kier molecular flexibility index (Phi) is 4.65. The minimum absolute atomic E-state index is 0.290. The average molecular weight is 376 g/mol. The molecule has 0 spiro atoms. The highest BCUT2D eigenvalue weighted by Crippen LogP contribution is 2.23. The topological polar surface area (TPSA) is 93.8 Å². The van der Waals surface area contributed by atoms with Crippen LogP contribution in [0.25, 0.3) is 33.7 Å². The molecule has 2 aromatic carbocycles. The van der Waals surface area contributed by atoms with Crippen molar-refractivity contribution in [2.45, 2.75) is 26.8 Å². The van der Waals surface area contributed by atoms with Crippen molar-refractivity contribution in [3.8, 4) is 22.8 Å². The smallest absolute Gasteiger partial charge is 0.328 e. The predicted molar refractivity (Wildman–Crippen MR) is 107 cm³/mol. The number of aromatic nitrogens is 4. The summed E-state index contributed by atoms with van der Waals surface area (Å²) >= 11 is 0. The number of rotatable bonds is 5. The maximum absolute atomic E-state index is 12.7. The molecular formula is C21H20N4O3. The van der Waals surface area contributed by atoms with Crippen LogP contribution >= 0.6 is 0 Å². The second-order valence-corrected chi connectivity index (χ2v) is 7.12. The van der Waals surface area contributed by atoms with Crippen molar-refractivity contribution in [2.24, 2.45) is 5.92 Å². The summed E-state index contributed by atoms with van der Waals surface area (Å²) < 4.78 is 6.62. The van der Waals surface area contributed by atoms with Crippen LogP contribution in [0.2, 0.25) is 0 Å². The second kappa shape index (κ2) is 7.26. The van der Waals surface area contributed by atoms with E-state index in [-0.39, 0.29) is 5.56 Å². The van der Waals surface area contributed by atoms with Gasteiger partial charge in [-0.1, -0.05) is 49.3 Å². The number of hydrogen-bond donors (Lipinski definition) is 1. The van der Waals surface area contributed by atoms with Crippen LogP contribution < -0.4 is 11.2 Å². The fourth-order valence-electron chi connectivity index (χ4n) is 3.02. The molecule has 0 amide bonds. The molecule has 4 aromatic rings. The molecule has 1 N–H and O–H groups in total. The van der Waals surface area contributed by atoms with E-state index in [4.69, 9.17) is 4.52 Å². The molecule has 28 heavy (non-hydrogen) atoms. The molecule has 7 heteroatoms. The first kappa shape index (κ1) is 17.9. The van der Waals surface area contributed by atoms with E-state index >= 15 is 0 Å². The monoisotopic (exact) mass is 376 g/mol. The van der Waals surface area contributed by atoms with E-state index in [1.807, 2.05) is 30.3 Å². The number of benzene rings is 2. The third-order valence-electron chi connectivity index (χ3n) is 4.62. The molecule has 0 saturated carbocycles. The quantitative estimate of drug-likeness (QED) is 0.576. The van der Waals surface area contributed by atoms with Crippen LogP contribution in [0.1, 0.15) is 20.3 Å². The molecule has 2 aromatic heterocycles. The normalized spacial score (nSPS) is 11.4. The summed E-state index contributed by atoms with van der Waals surface area (Å²) in [5, 5.41) is 4.46. The van der Waals surface area contributed by atoms with Crippen molar-refractivity contribution >= 4 is 10.9 Å². The first-order valence-corrected chi connectivity index (χ1v) is 9.19. The summed E-state index contributed by atoms with van der Waals surface area (Å²) in [4.78, 5) is 32.3. The predicted octanol–water partition coefficient (Wildman–Crippen LogP) is 3.45. The van der Waals surface area contributed by atoms with E-state index < -0.39 is 5.69 Å². The van der Waals surface area contributed by atoms with Crippen LogP contribution in [0.15, 0.2) is 62.6 Å². The van der Waals surface area contributed by atoms with Crippen LogP contribution in [-0.2, 0) is 6.54 Å². The summed E-state index contributed by atoms with van der Waals surface area (Å²) in [6, 6.07) is 14.6. The highest BCUT2D eigenvalue weighted by Gasteiger charge is 2.13. The zero-order valence-electron chi connectivity index (χ0n) is 15.7. The van der Waals surface area contributed by atoms with Crippen LogP contribution in [0.5, 0.6) is 0 Å². The van der Waals surface area contributed by atoms with Gasteiger partial charge >= 0.3 is 5.69 Å². The van der Waals surface area contributed by atoms with Gasteiger partial charge in [0.1, 0.15) is 0 Å². The number of nitrogens with one attached hydrogen (secondary N) is 1. The van der Waals surface area contributed by atoms with Crippen molar-refractivity contribution in [3.05, 3.63) is 69.4 Å². The van der Waals surface area contributed by atoms with Crippen LogP contribution in [0.3, 0.4) is 0 Å². The lowest BCUT2D eigenvalue weighted by molar-refractivity contribution is 0.432. The molecule has 2 heterocycles. The molecule has 0 aliphatic rings. The van der Waals surface area contributed by atoms with Crippen molar-refractivity contribution in [2.75, 3.05) is 0 Å². The molecule has 0 bridgehead atoms. The van der Waals surface area contributed by atoms with Crippen molar-refractivity contribution in [1.29, 1.82) is 0 Å². The van der Waals surface area contributed by atoms with Gasteiger partial charge in [0.2, 0.25) is 5.82 Å². The molecule has 0 unspecified atom stereocenters. The molecular weight excluding hydrogens is 356 g/mol. The summed E-state index contributed by atoms with van der Waals surface area (Å²) in [5.74, 6) is 1.21. The molecule has 4 rings (SSSR count). The number of H-pyrrole nitrogens is 1. The number of hydrogen-bond acceptors (Lipinski definition) is 5. The van der Waals surface area contributed by atoms with E-state index in [0.29, 0.717) is 40.6 Å².